The summed E-state index contributed by atoms with van der Waals surface area (Å²) in [6, 6.07) is 6.09. The van der Waals surface area contributed by atoms with Crippen molar-refractivity contribution in [3.8, 4) is 0 Å². The number of amides is 2. The van der Waals surface area contributed by atoms with Crippen molar-refractivity contribution in [3.63, 3.8) is 0 Å². The third-order valence-electron chi connectivity index (χ3n) is 4.03. The highest BCUT2D eigenvalue weighted by molar-refractivity contribution is 6.00. The highest BCUT2D eigenvalue weighted by Gasteiger charge is 2.35. The topological polar surface area (TPSA) is 49.4 Å². The zero-order valence-corrected chi connectivity index (χ0v) is 14.0. The summed E-state index contributed by atoms with van der Waals surface area (Å²) >= 11 is 0. The minimum absolute atomic E-state index is 0.000810. The van der Waals surface area contributed by atoms with Crippen LogP contribution in [0.1, 0.15) is 37.8 Å². The van der Waals surface area contributed by atoms with Crippen molar-refractivity contribution >= 4 is 17.5 Å². The summed E-state index contributed by atoms with van der Waals surface area (Å²) in [7, 11) is 0. The van der Waals surface area contributed by atoms with Gasteiger partial charge in [0.25, 0.3) is 0 Å². The molecule has 0 aromatic heterocycles. The van der Waals surface area contributed by atoms with Gasteiger partial charge < -0.3 is 10.2 Å². The zero-order valence-electron chi connectivity index (χ0n) is 14.0. The second-order valence-corrected chi connectivity index (χ2v) is 6.72. The van der Waals surface area contributed by atoms with Crippen molar-refractivity contribution in [1.29, 1.82) is 0 Å². The molecule has 1 fully saturated rings. The second-order valence-electron chi connectivity index (χ2n) is 6.72. The molecule has 4 nitrogen and oxygen atoms in total. The van der Waals surface area contributed by atoms with Gasteiger partial charge >= 0.3 is 0 Å². The van der Waals surface area contributed by atoms with Gasteiger partial charge in [0.1, 0.15) is 0 Å². The number of nitrogens with zero attached hydrogens (tertiary/aromatic N) is 1. The quantitative estimate of drug-likeness (QED) is 0.909. The molecule has 1 aliphatic heterocycles. The minimum Gasteiger partial charge on any atom is -0.356 e. The van der Waals surface area contributed by atoms with E-state index in [-0.39, 0.29) is 17.7 Å². The van der Waals surface area contributed by atoms with E-state index in [1.165, 1.54) is 0 Å². The molecule has 1 atom stereocenters. The van der Waals surface area contributed by atoms with E-state index >= 15 is 0 Å². The zero-order chi connectivity index (χ0) is 16.3. The fourth-order valence-electron chi connectivity index (χ4n) is 2.87. The van der Waals surface area contributed by atoms with Crippen LogP contribution < -0.4 is 10.2 Å². The third-order valence-corrected chi connectivity index (χ3v) is 4.03. The minimum atomic E-state index is -0.236. The monoisotopic (exact) mass is 302 g/mol. The van der Waals surface area contributed by atoms with Gasteiger partial charge in [-0.1, -0.05) is 19.9 Å². The maximum atomic E-state index is 12.2. The van der Waals surface area contributed by atoms with Gasteiger partial charge in [-0.05, 0) is 49.4 Å². The highest BCUT2D eigenvalue weighted by atomic mass is 16.2. The van der Waals surface area contributed by atoms with Crippen molar-refractivity contribution in [2.45, 2.75) is 40.5 Å². The van der Waals surface area contributed by atoms with Crippen LogP contribution >= 0.6 is 0 Å². The van der Waals surface area contributed by atoms with Crippen LogP contribution in [-0.4, -0.2) is 24.9 Å². The van der Waals surface area contributed by atoms with Crippen LogP contribution in [0.4, 0.5) is 5.69 Å². The molecule has 0 saturated carbocycles. The van der Waals surface area contributed by atoms with Gasteiger partial charge in [0.05, 0.1) is 5.92 Å². The molecular formula is C18H26N2O2. The molecule has 4 heteroatoms. The molecule has 1 aromatic carbocycles. The van der Waals surface area contributed by atoms with Crippen LogP contribution in [0.15, 0.2) is 18.2 Å². The maximum Gasteiger partial charge on any atom is 0.227 e. The molecule has 0 unspecified atom stereocenters. The van der Waals surface area contributed by atoms with Crippen LogP contribution in [0, 0.1) is 25.7 Å². The number of nitrogens with one attached hydrogen (secondary N) is 1. The number of hydrogen-bond acceptors (Lipinski definition) is 2. The Balaban J connectivity index is 1.99. The Hall–Kier alpha value is -1.84. The van der Waals surface area contributed by atoms with Gasteiger partial charge in [0.2, 0.25) is 11.8 Å². The maximum absolute atomic E-state index is 12.2. The van der Waals surface area contributed by atoms with E-state index in [9.17, 15) is 9.59 Å². The molecule has 1 saturated heterocycles. The van der Waals surface area contributed by atoms with Gasteiger partial charge in [-0.2, -0.15) is 0 Å². The van der Waals surface area contributed by atoms with Crippen LogP contribution in [0.25, 0.3) is 0 Å². The van der Waals surface area contributed by atoms with Crippen molar-refractivity contribution < 1.29 is 9.59 Å². The molecule has 22 heavy (non-hydrogen) atoms. The fourth-order valence-corrected chi connectivity index (χ4v) is 2.87. The van der Waals surface area contributed by atoms with Crippen molar-refractivity contribution in [3.05, 3.63) is 29.3 Å². The van der Waals surface area contributed by atoms with E-state index in [0.717, 1.165) is 23.2 Å². The van der Waals surface area contributed by atoms with Crippen LogP contribution in [0.2, 0.25) is 0 Å². The largest absolute Gasteiger partial charge is 0.356 e. The molecule has 0 spiro atoms. The van der Waals surface area contributed by atoms with E-state index in [4.69, 9.17) is 0 Å². The number of aryl methyl sites for hydroxylation is 2. The lowest BCUT2D eigenvalue weighted by Crippen LogP contribution is -2.33. The average Bonchev–Trinajstić information content (AvgIpc) is 2.79. The molecule has 0 radical (unpaired) electrons. The molecule has 120 valence electrons. The summed E-state index contributed by atoms with van der Waals surface area (Å²) in [6.45, 7) is 9.47. The molecule has 1 aliphatic rings. The van der Waals surface area contributed by atoms with Crippen LogP contribution in [-0.2, 0) is 9.59 Å². The molecule has 1 N–H and O–H groups in total. The fraction of sp³-hybridized carbons (Fsp3) is 0.556. The summed E-state index contributed by atoms with van der Waals surface area (Å²) in [5.41, 5.74) is 3.17. The second kappa shape index (κ2) is 6.95. The van der Waals surface area contributed by atoms with E-state index in [0.29, 0.717) is 25.4 Å². The van der Waals surface area contributed by atoms with Gasteiger partial charge in [-0.3, -0.25) is 9.59 Å². The number of benzene rings is 1. The van der Waals surface area contributed by atoms with E-state index < -0.39 is 0 Å². The predicted octanol–water partition coefficient (Wildman–Crippen LogP) is 2.82. The molecule has 0 aliphatic carbocycles. The first-order chi connectivity index (χ1) is 10.4. The lowest BCUT2D eigenvalue weighted by molar-refractivity contribution is -0.126. The molecule has 2 rings (SSSR count). The average molecular weight is 302 g/mol. The molecule has 1 heterocycles. The summed E-state index contributed by atoms with van der Waals surface area (Å²) < 4.78 is 0. The summed E-state index contributed by atoms with van der Waals surface area (Å²) in [4.78, 5) is 26.2. The van der Waals surface area contributed by atoms with Crippen LogP contribution in [0.3, 0.4) is 0 Å². The lowest BCUT2D eigenvalue weighted by Gasteiger charge is -2.18. The Labute approximate surface area is 132 Å². The summed E-state index contributed by atoms with van der Waals surface area (Å²) in [5, 5.41) is 2.95. The number of rotatable bonds is 5. The summed E-state index contributed by atoms with van der Waals surface area (Å²) in [6.07, 6.45) is 1.27. The van der Waals surface area contributed by atoms with E-state index in [1.54, 1.807) is 4.90 Å². The number of hydrogen-bond donors (Lipinski definition) is 1. The smallest absolute Gasteiger partial charge is 0.227 e. The Morgan fingerprint density at radius 2 is 1.91 bits per heavy atom. The number of carbonyl (C=O) groups excluding carboxylic acids is 2. The molecule has 1 aromatic rings. The first-order valence-corrected chi connectivity index (χ1v) is 8.03. The molecule has 2 amide bonds. The number of anilines is 1. The van der Waals surface area contributed by atoms with Crippen LogP contribution in [0.5, 0.6) is 0 Å². The molecular weight excluding hydrogens is 276 g/mol. The van der Waals surface area contributed by atoms with Gasteiger partial charge in [0.15, 0.2) is 0 Å². The van der Waals surface area contributed by atoms with E-state index in [2.05, 4.69) is 25.2 Å². The first-order valence-electron chi connectivity index (χ1n) is 8.03. The lowest BCUT2D eigenvalue weighted by atomic mass is 10.1. The Morgan fingerprint density at radius 3 is 2.50 bits per heavy atom. The highest BCUT2D eigenvalue weighted by Crippen LogP contribution is 2.27. The molecule has 0 bridgehead atoms. The third kappa shape index (κ3) is 4.09. The summed E-state index contributed by atoms with van der Waals surface area (Å²) in [5.74, 6) is 0.368. The number of carbonyl (C=O) groups is 2. The van der Waals surface area contributed by atoms with Crippen molar-refractivity contribution in [2.24, 2.45) is 11.8 Å². The van der Waals surface area contributed by atoms with Crippen molar-refractivity contribution in [2.75, 3.05) is 18.0 Å². The Kier molecular flexibility index (Phi) is 5.22. The van der Waals surface area contributed by atoms with Gasteiger partial charge in [0, 0.05) is 25.2 Å². The normalized spacial score (nSPS) is 18.1. The van der Waals surface area contributed by atoms with Gasteiger partial charge in [-0.25, -0.2) is 0 Å². The standard InChI is InChI=1S/C18H26N2O2/c1-12(2)5-6-19-18(22)15-10-17(21)20(11-15)16-8-13(3)7-14(4)9-16/h7-9,12,15H,5-6,10-11H2,1-4H3,(H,19,22)/t15-/m1/s1. The first kappa shape index (κ1) is 16.5. The van der Waals surface area contributed by atoms with E-state index in [1.807, 2.05) is 26.0 Å². The van der Waals surface area contributed by atoms with Gasteiger partial charge in [-0.15, -0.1) is 0 Å². The SMILES string of the molecule is Cc1cc(C)cc(N2C[C@H](C(=O)NCCC(C)C)CC2=O)c1. The Morgan fingerprint density at radius 1 is 1.27 bits per heavy atom. The predicted molar refractivity (Wildman–Crippen MR) is 88.8 cm³/mol. The van der Waals surface area contributed by atoms with Crippen molar-refractivity contribution in [1.82, 2.24) is 5.32 Å². The Bertz CT molecular complexity index is 546.